The van der Waals surface area contributed by atoms with Gasteiger partial charge in [0.25, 0.3) is 0 Å². The predicted octanol–water partition coefficient (Wildman–Crippen LogP) is 7.23. The minimum absolute atomic E-state index is 0.406. The lowest BCUT2D eigenvalue weighted by atomic mass is 9.95. The number of likely N-dealkylation sites (tertiary alicyclic amines) is 1. The fourth-order valence-corrected chi connectivity index (χ4v) is 4.92. The first-order valence-electron chi connectivity index (χ1n) is 11.5. The van der Waals surface area contributed by atoms with Crippen molar-refractivity contribution in [2.75, 3.05) is 6.54 Å². The van der Waals surface area contributed by atoms with Crippen LogP contribution in [0.3, 0.4) is 0 Å². The summed E-state index contributed by atoms with van der Waals surface area (Å²) >= 11 is 6.67. The SMILES string of the molecule is Cc1cc(/C=C/c2cccc(-c3ccccc3)c2C)c(Cl)cc1CN1CCCCC1C(=O)O. The topological polar surface area (TPSA) is 40.5 Å². The summed E-state index contributed by atoms with van der Waals surface area (Å²) < 4.78 is 0. The smallest absolute Gasteiger partial charge is 0.320 e. The van der Waals surface area contributed by atoms with Crippen molar-refractivity contribution in [2.24, 2.45) is 0 Å². The van der Waals surface area contributed by atoms with Gasteiger partial charge in [-0.05, 0) is 78.2 Å². The highest BCUT2D eigenvalue weighted by Gasteiger charge is 2.28. The summed E-state index contributed by atoms with van der Waals surface area (Å²) in [6, 6.07) is 20.5. The number of piperidine rings is 1. The predicted molar refractivity (Wildman–Crippen MR) is 137 cm³/mol. The van der Waals surface area contributed by atoms with Crippen LogP contribution in [-0.2, 0) is 11.3 Å². The van der Waals surface area contributed by atoms with Crippen LogP contribution in [0.1, 0.15) is 47.1 Å². The first-order valence-corrected chi connectivity index (χ1v) is 11.9. The van der Waals surface area contributed by atoms with Crippen LogP contribution in [0.15, 0.2) is 60.7 Å². The molecular weight excluding hydrogens is 430 g/mol. The zero-order chi connectivity index (χ0) is 23.4. The maximum atomic E-state index is 11.6. The molecule has 0 radical (unpaired) electrons. The van der Waals surface area contributed by atoms with Crippen LogP contribution in [0, 0.1) is 13.8 Å². The van der Waals surface area contributed by atoms with Gasteiger partial charge >= 0.3 is 5.97 Å². The number of nitrogens with zero attached hydrogens (tertiary/aromatic N) is 1. The highest BCUT2D eigenvalue weighted by atomic mass is 35.5. The largest absolute Gasteiger partial charge is 0.480 e. The molecule has 0 amide bonds. The molecule has 1 N–H and O–H groups in total. The van der Waals surface area contributed by atoms with Crippen LogP contribution in [0.5, 0.6) is 0 Å². The summed E-state index contributed by atoms with van der Waals surface area (Å²) in [5.74, 6) is -0.730. The molecule has 1 aliphatic rings. The zero-order valence-corrected chi connectivity index (χ0v) is 20.0. The van der Waals surface area contributed by atoms with Gasteiger partial charge in [-0.3, -0.25) is 9.69 Å². The molecule has 1 fully saturated rings. The van der Waals surface area contributed by atoms with Gasteiger partial charge in [0.2, 0.25) is 0 Å². The number of aliphatic carboxylic acids is 1. The van der Waals surface area contributed by atoms with Crippen LogP contribution < -0.4 is 0 Å². The lowest BCUT2D eigenvalue weighted by molar-refractivity contribution is -0.144. The molecular formula is C29H30ClNO2. The lowest BCUT2D eigenvalue weighted by Gasteiger charge is -2.33. The molecule has 1 unspecified atom stereocenters. The molecule has 0 aliphatic carbocycles. The third-order valence-corrected chi connectivity index (χ3v) is 6.96. The van der Waals surface area contributed by atoms with Gasteiger partial charge in [0.1, 0.15) is 6.04 Å². The molecule has 0 spiro atoms. The number of aryl methyl sites for hydroxylation is 1. The van der Waals surface area contributed by atoms with Crippen molar-refractivity contribution in [3.05, 3.63) is 93.5 Å². The van der Waals surface area contributed by atoms with E-state index in [0.29, 0.717) is 18.0 Å². The number of halogens is 1. The Labute approximate surface area is 201 Å². The second-order valence-corrected chi connectivity index (χ2v) is 9.25. The Bertz CT molecular complexity index is 1170. The van der Waals surface area contributed by atoms with Gasteiger partial charge in [-0.15, -0.1) is 0 Å². The molecule has 0 aromatic heterocycles. The highest BCUT2D eigenvalue weighted by molar-refractivity contribution is 6.32. The summed E-state index contributed by atoms with van der Waals surface area (Å²) in [4.78, 5) is 13.7. The number of carboxylic acid groups (broad SMARTS) is 1. The Balaban J connectivity index is 1.56. The van der Waals surface area contributed by atoms with E-state index in [2.05, 4.69) is 79.4 Å². The molecule has 33 heavy (non-hydrogen) atoms. The summed E-state index contributed by atoms with van der Waals surface area (Å²) in [5, 5.41) is 10.3. The Kier molecular flexibility index (Phi) is 7.32. The van der Waals surface area contributed by atoms with Gasteiger partial charge < -0.3 is 5.11 Å². The van der Waals surface area contributed by atoms with Gasteiger partial charge in [0.15, 0.2) is 0 Å². The molecule has 1 atom stereocenters. The molecule has 3 aromatic carbocycles. The molecule has 4 heteroatoms. The number of carbonyl (C=O) groups is 1. The van der Waals surface area contributed by atoms with E-state index in [9.17, 15) is 9.90 Å². The fourth-order valence-electron chi connectivity index (χ4n) is 4.67. The first-order chi connectivity index (χ1) is 15.9. The third-order valence-electron chi connectivity index (χ3n) is 6.63. The minimum atomic E-state index is -0.730. The third kappa shape index (κ3) is 5.38. The maximum absolute atomic E-state index is 11.6. The van der Waals surface area contributed by atoms with Crippen LogP contribution >= 0.6 is 11.6 Å². The Morgan fingerprint density at radius 1 is 1.03 bits per heavy atom. The van der Waals surface area contributed by atoms with Gasteiger partial charge in [0, 0.05) is 11.6 Å². The van der Waals surface area contributed by atoms with E-state index in [0.717, 1.165) is 41.6 Å². The highest BCUT2D eigenvalue weighted by Crippen LogP contribution is 2.29. The van der Waals surface area contributed by atoms with E-state index in [4.69, 9.17) is 11.6 Å². The van der Waals surface area contributed by atoms with Gasteiger partial charge in [0.05, 0.1) is 0 Å². The van der Waals surface area contributed by atoms with Gasteiger partial charge in [-0.1, -0.05) is 84.8 Å². The van der Waals surface area contributed by atoms with Crippen LogP contribution in [0.25, 0.3) is 23.3 Å². The lowest BCUT2D eigenvalue weighted by Crippen LogP contribution is -2.44. The van der Waals surface area contributed by atoms with Gasteiger partial charge in [-0.2, -0.15) is 0 Å². The Hall–Kier alpha value is -2.88. The van der Waals surface area contributed by atoms with Crippen molar-refractivity contribution in [2.45, 2.75) is 45.7 Å². The van der Waals surface area contributed by atoms with E-state index < -0.39 is 12.0 Å². The average Bonchev–Trinajstić information content (AvgIpc) is 2.82. The van der Waals surface area contributed by atoms with Crippen molar-refractivity contribution < 1.29 is 9.90 Å². The van der Waals surface area contributed by atoms with Crippen molar-refractivity contribution >= 4 is 29.7 Å². The number of hydrogen-bond donors (Lipinski definition) is 1. The van der Waals surface area contributed by atoms with Crippen LogP contribution in [0.4, 0.5) is 0 Å². The molecule has 4 rings (SSSR count). The molecule has 1 heterocycles. The number of benzene rings is 3. The van der Waals surface area contributed by atoms with E-state index in [-0.39, 0.29) is 0 Å². The van der Waals surface area contributed by atoms with E-state index in [1.54, 1.807) is 0 Å². The quantitative estimate of drug-likeness (QED) is 0.395. The first kappa shape index (κ1) is 23.3. The maximum Gasteiger partial charge on any atom is 0.320 e. The fraction of sp³-hybridized carbons (Fsp3) is 0.276. The summed E-state index contributed by atoms with van der Waals surface area (Å²) in [6.07, 6.45) is 6.91. The standard InChI is InChI=1S/C29H30ClNO2/c1-20-17-24(27(30)18-25(20)19-31-16-7-6-13-28(31)29(32)33)15-14-22-11-8-12-26(21(22)2)23-9-4-3-5-10-23/h3-5,8-12,14-15,17-18,28H,6-7,13,16,19H2,1-2H3,(H,32,33)/b15-14+. The molecule has 1 saturated heterocycles. The average molecular weight is 460 g/mol. The molecule has 1 aliphatic heterocycles. The van der Waals surface area contributed by atoms with E-state index >= 15 is 0 Å². The number of carboxylic acids is 1. The Morgan fingerprint density at radius 3 is 2.55 bits per heavy atom. The number of rotatable bonds is 6. The second kappa shape index (κ2) is 10.4. The van der Waals surface area contributed by atoms with Gasteiger partial charge in [-0.25, -0.2) is 0 Å². The minimum Gasteiger partial charge on any atom is -0.480 e. The second-order valence-electron chi connectivity index (χ2n) is 8.84. The molecule has 3 nitrogen and oxygen atoms in total. The van der Waals surface area contributed by atoms with Crippen molar-refractivity contribution in [3.8, 4) is 11.1 Å². The monoisotopic (exact) mass is 459 g/mol. The summed E-state index contributed by atoms with van der Waals surface area (Å²) in [7, 11) is 0. The van der Waals surface area contributed by atoms with Crippen molar-refractivity contribution in [1.29, 1.82) is 0 Å². The van der Waals surface area contributed by atoms with E-state index in [1.165, 1.54) is 16.7 Å². The molecule has 3 aromatic rings. The van der Waals surface area contributed by atoms with Crippen LogP contribution in [-0.4, -0.2) is 28.6 Å². The number of hydrogen-bond acceptors (Lipinski definition) is 2. The summed E-state index contributed by atoms with van der Waals surface area (Å²) in [6.45, 7) is 5.65. The molecule has 170 valence electrons. The van der Waals surface area contributed by atoms with Crippen LogP contribution in [0.2, 0.25) is 5.02 Å². The van der Waals surface area contributed by atoms with Crippen molar-refractivity contribution in [1.82, 2.24) is 4.90 Å². The summed E-state index contributed by atoms with van der Waals surface area (Å²) in [5.41, 5.74) is 8.01. The molecule has 0 bridgehead atoms. The molecule has 0 saturated carbocycles. The Morgan fingerprint density at radius 2 is 1.79 bits per heavy atom. The normalized spacial score (nSPS) is 16.9. The van der Waals surface area contributed by atoms with E-state index in [1.807, 2.05) is 12.1 Å². The zero-order valence-electron chi connectivity index (χ0n) is 19.2. The van der Waals surface area contributed by atoms with Crippen molar-refractivity contribution in [3.63, 3.8) is 0 Å².